The van der Waals surface area contributed by atoms with Gasteiger partial charge in [0.15, 0.2) is 11.5 Å². The van der Waals surface area contributed by atoms with Gasteiger partial charge in [-0.1, -0.05) is 26.3 Å². The van der Waals surface area contributed by atoms with Crippen LogP contribution in [0.1, 0.15) is 70.0 Å². The van der Waals surface area contributed by atoms with E-state index >= 15 is 0 Å². The van der Waals surface area contributed by atoms with Crippen LogP contribution in [0.5, 0.6) is 17.2 Å². The number of aryl methyl sites for hydroxylation is 1. The first-order valence-electron chi connectivity index (χ1n) is 14.9. The summed E-state index contributed by atoms with van der Waals surface area (Å²) in [6.07, 6.45) is 3.62. The van der Waals surface area contributed by atoms with E-state index in [0.29, 0.717) is 60.7 Å². The number of anilines is 1. The molecule has 44 heavy (non-hydrogen) atoms. The number of carbonyl (C=O) groups is 3. The van der Waals surface area contributed by atoms with Crippen LogP contribution >= 0.6 is 0 Å². The Bertz CT molecular complexity index is 1410. The standard InChI is InChI=1S/C33H45N3O8/c1-19(2)30(33(40)44-7)36-28(39)11-9-8-10-16-34-25-15-13-22-23(18-26(25)38)24(35-20(3)37)14-12-21-17-27(41-4)31(42-5)32(43-6)29(21)22/h13,15,17-19,24,30H,8-12,14,16H2,1-7H3,(H,34,38)(H,35,37)(H,36,39). The van der Waals surface area contributed by atoms with Crippen molar-refractivity contribution in [2.45, 2.75) is 71.4 Å². The molecule has 0 aromatic heterocycles. The number of unbranched alkanes of at least 4 members (excludes halogenated alkanes) is 2. The van der Waals surface area contributed by atoms with E-state index in [1.165, 1.54) is 14.0 Å². The van der Waals surface area contributed by atoms with Gasteiger partial charge >= 0.3 is 5.97 Å². The summed E-state index contributed by atoms with van der Waals surface area (Å²) in [4.78, 5) is 49.8. The lowest BCUT2D eigenvalue weighted by Crippen LogP contribution is -2.44. The highest BCUT2D eigenvalue weighted by molar-refractivity contribution is 5.85. The van der Waals surface area contributed by atoms with E-state index in [9.17, 15) is 19.2 Å². The molecule has 2 atom stereocenters. The monoisotopic (exact) mass is 611 g/mol. The highest BCUT2D eigenvalue weighted by atomic mass is 16.5. The van der Waals surface area contributed by atoms with E-state index in [0.717, 1.165) is 29.5 Å². The number of hydrogen-bond acceptors (Lipinski definition) is 9. The van der Waals surface area contributed by atoms with Crippen LogP contribution in [0.25, 0.3) is 11.1 Å². The number of nitrogens with one attached hydrogen (secondary N) is 3. The van der Waals surface area contributed by atoms with Crippen LogP contribution in [-0.4, -0.2) is 58.8 Å². The molecule has 11 nitrogen and oxygen atoms in total. The summed E-state index contributed by atoms with van der Waals surface area (Å²) in [6, 6.07) is 6.08. The van der Waals surface area contributed by atoms with Crippen molar-refractivity contribution >= 4 is 23.5 Å². The summed E-state index contributed by atoms with van der Waals surface area (Å²) >= 11 is 0. The van der Waals surface area contributed by atoms with Gasteiger partial charge in [-0.15, -0.1) is 0 Å². The molecule has 1 aliphatic rings. The maximum absolute atomic E-state index is 13.4. The molecule has 3 N–H and O–H groups in total. The minimum Gasteiger partial charge on any atom is -0.493 e. The van der Waals surface area contributed by atoms with Crippen LogP contribution in [0.2, 0.25) is 0 Å². The zero-order valence-corrected chi connectivity index (χ0v) is 26.8. The molecule has 2 unspecified atom stereocenters. The molecule has 1 aliphatic carbocycles. The van der Waals surface area contributed by atoms with Crippen LogP contribution in [0.4, 0.5) is 5.69 Å². The van der Waals surface area contributed by atoms with E-state index in [4.69, 9.17) is 18.9 Å². The first-order chi connectivity index (χ1) is 21.1. The topological polar surface area (TPSA) is 141 Å². The van der Waals surface area contributed by atoms with Crippen LogP contribution in [0.15, 0.2) is 29.1 Å². The van der Waals surface area contributed by atoms with Crippen LogP contribution < -0.4 is 35.6 Å². The van der Waals surface area contributed by atoms with Gasteiger partial charge in [0.2, 0.25) is 23.0 Å². The predicted molar refractivity (Wildman–Crippen MR) is 168 cm³/mol. The van der Waals surface area contributed by atoms with Gasteiger partial charge in [-0.05, 0) is 66.5 Å². The van der Waals surface area contributed by atoms with Gasteiger partial charge in [-0.3, -0.25) is 14.4 Å². The second-order valence-electron chi connectivity index (χ2n) is 11.1. The van der Waals surface area contributed by atoms with Crippen molar-refractivity contribution in [2.75, 3.05) is 40.3 Å². The second kappa shape index (κ2) is 16.0. The highest BCUT2D eigenvalue weighted by Crippen LogP contribution is 2.50. The number of carbonyl (C=O) groups excluding carboxylic acids is 3. The third kappa shape index (κ3) is 8.21. The Balaban J connectivity index is 1.80. The Morgan fingerprint density at radius 2 is 1.68 bits per heavy atom. The maximum atomic E-state index is 13.4. The van der Waals surface area contributed by atoms with Crippen molar-refractivity contribution in [3.05, 3.63) is 45.6 Å². The van der Waals surface area contributed by atoms with E-state index in [-0.39, 0.29) is 29.2 Å². The second-order valence-corrected chi connectivity index (χ2v) is 11.1. The normalized spacial score (nSPS) is 14.3. The van der Waals surface area contributed by atoms with Crippen molar-refractivity contribution in [3.8, 4) is 28.4 Å². The van der Waals surface area contributed by atoms with E-state index in [1.54, 1.807) is 33.5 Å². The number of ether oxygens (including phenoxy) is 4. The van der Waals surface area contributed by atoms with Gasteiger partial charge in [0.25, 0.3) is 0 Å². The first-order valence-corrected chi connectivity index (χ1v) is 14.9. The highest BCUT2D eigenvalue weighted by Gasteiger charge is 2.29. The fraction of sp³-hybridized carbons (Fsp3) is 0.515. The number of rotatable bonds is 14. The zero-order chi connectivity index (χ0) is 32.4. The molecular weight excluding hydrogens is 566 g/mol. The Hall–Kier alpha value is -4.28. The lowest BCUT2D eigenvalue weighted by Gasteiger charge is -2.19. The summed E-state index contributed by atoms with van der Waals surface area (Å²) in [5, 5.41) is 9.00. The van der Waals surface area contributed by atoms with Crippen molar-refractivity contribution in [3.63, 3.8) is 0 Å². The minimum atomic E-state index is -0.668. The molecule has 0 heterocycles. The smallest absolute Gasteiger partial charge is 0.328 e. The van der Waals surface area contributed by atoms with Crippen molar-refractivity contribution < 1.29 is 33.3 Å². The number of hydrogen-bond donors (Lipinski definition) is 3. The van der Waals surface area contributed by atoms with Crippen molar-refractivity contribution in [1.82, 2.24) is 10.6 Å². The van der Waals surface area contributed by atoms with Gasteiger partial charge in [0.05, 0.1) is 40.2 Å². The quantitative estimate of drug-likeness (QED) is 0.212. The number of esters is 1. The third-order valence-electron chi connectivity index (χ3n) is 7.75. The first kappa shape index (κ1) is 34.2. The van der Waals surface area contributed by atoms with Gasteiger partial charge < -0.3 is 34.9 Å². The molecule has 3 rings (SSSR count). The van der Waals surface area contributed by atoms with Crippen LogP contribution in [-0.2, 0) is 25.5 Å². The fourth-order valence-electron chi connectivity index (χ4n) is 5.53. The van der Waals surface area contributed by atoms with Gasteiger partial charge in [0.1, 0.15) is 6.04 Å². The number of amides is 2. The number of benzene rings is 1. The van der Waals surface area contributed by atoms with E-state index in [2.05, 4.69) is 16.0 Å². The third-order valence-corrected chi connectivity index (χ3v) is 7.75. The average Bonchev–Trinajstić information content (AvgIpc) is 3.24. The lowest BCUT2D eigenvalue weighted by molar-refractivity contribution is -0.146. The Morgan fingerprint density at radius 3 is 2.30 bits per heavy atom. The molecule has 0 fully saturated rings. The average molecular weight is 612 g/mol. The minimum absolute atomic E-state index is 0.0768. The van der Waals surface area contributed by atoms with Crippen molar-refractivity contribution in [1.29, 1.82) is 0 Å². The number of methoxy groups -OCH3 is 4. The van der Waals surface area contributed by atoms with Gasteiger partial charge in [0, 0.05) is 25.5 Å². The zero-order valence-electron chi connectivity index (χ0n) is 26.8. The summed E-state index contributed by atoms with van der Waals surface area (Å²) < 4.78 is 21.8. The fourth-order valence-corrected chi connectivity index (χ4v) is 5.53. The predicted octanol–water partition coefficient (Wildman–Crippen LogP) is 4.15. The molecule has 0 saturated carbocycles. The molecule has 0 saturated heterocycles. The van der Waals surface area contributed by atoms with E-state index in [1.807, 2.05) is 26.0 Å². The molecule has 2 aromatic carbocycles. The molecule has 11 heteroatoms. The summed E-state index contributed by atoms with van der Waals surface area (Å²) in [6.45, 7) is 5.69. The summed E-state index contributed by atoms with van der Waals surface area (Å²) in [5.41, 5.74) is 3.43. The SMILES string of the molecule is COC(=O)C(NC(=O)CCCCCNc1ccc2c(cc1=O)C(NC(C)=O)CCc1cc(OC)c(OC)c(OC)c1-2)C(C)C. The number of fused-ring (bicyclic) bond motifs is 3. The molecule has 0 spiro atoms. The van der Waals surface area contributed by atoms with Crippen LogP contribution in [0, 0.1) is 5.92 Å². The van der Waals surface area contributed by atoms with E-state index < -0.39 is 12.0 Å². The van der Waals surface area contributed by atoms with Gasteiger partial charge in [-0.25, -0.2) is 4.79 Å². The largest absolute Gasteiger partial charge is 0.493 e. The molecule has 0 radical (unpaired) electrons. The van der Waals surface area contributed by atoms with Crippen LogP contribution in [0.3, 0.4) is 0 Å². The molecule has 240 valence electrons. The summed E-state index contributed by atoms with van der Waals surface area (Å²) in [7, 11) is 5.98. The Labute approximate surface area is 259 Å². The molecule has 0 aliphatic heterocycles. The van der Waals surface area contributed by atoms with Gasteiger partial charge in [-0.2, -0.15) is 0 Å². The molecule has 2 amide bonds. The molecule has 0 bridgehead atoms. The summed E-state index contributed by atoms with van der Waals surface area (Å²) in [5.74, 6) is 0.564. The Kier molecular flexibility index (Phi) is 12.4. The molecular formula is C33H45N3O8. The lowest BCUT2D eigenvalue weighted by atomic mass is 9.95. The maximum Gasteiger partial charge on any atom is 0.328 e. The molecule has 2 aromatic rings. The van der Waals surface area contributed by atoms with Crippen molar-refractivity contribution in [2.24, 2.45) is 5.92 Å². The Morgan fingerprint density at radius 1 is 0.955 bits per heavy atom.